The van der Waals surface area contributed by atoms with Crippen LogP contribution in [0.2, 0.25) is 5.02 Å². The van der Waals surface area contributed by atoms with Gasteiger partial charge in [-0.3, -0.25) is 0 Å². The molecule has 0 radical (unpaired) electrons. The Kier molecular flexibility index (Phi) is 3.81. The summed E-state index contributed by atoms with van der Waals surface area (Å²) in [6, 6.07) is 5.10. The van der Waals surface area contributed by atoms with E-state index in [1.54, 1.807) is 6.07 Å². The molecule has 1 saturated carbocycles. The second-order valence-corrected chi connectivity index (χ2v) is 6.52. The SMILES string of the molecule is Fc1cc(Cl)ccc1CC1(C2CC2)CCCCCN1. The number of benzene rings is 1. The summed E-state index contributed by atoms with van der Waals surface area (Å²) < 4.78 is 14.0. The quantitative estimate of drug-likeness (QED) is 0.869. The average Bonchev–Trinajstić information content (AvgIpc) is 3.19. The molecule has 0 bridgehead atoms. The normalized spacial score (nSPS) is 28.1. The third-order valence-electron chi connectivity index (χ3n) is 4.66. The topological polar surface area (TPSA) is 12.0 Å². The van der Waals surface area contributed by atoms with Crippen LogP contribution < -0.4 is 5.32 Å². The van der Waals surface area contributed by atoms with Gasteiger partial charge < -0.3 is 5.32 Å². The molecular weight excluding hydrogens is 261 g/mol. The second kappa shape index (κ2) is 5.41. The zero-order valence-corrected chi connectivity index (χ0v) is 12.0. The van der Waals surface area contributed by atoms with Gasteiger partial charge in [0.2, 0.25) is 0 Å². The summed E-state index contributed by atoms with van der Waals surface area (Å²) in [5, 5.41) is 4.23. The van der Waals surface area contributed by atoms with Crippen molar-refractivity contribution in [2.24, 2.45) is 5.92 Å². The third kappa shape index (κ3) is 2.95. The fourth-order valence-electron chi connectivity index (χ4n) is 3.45. The Bertz CT molecular complexity index is 448. The minimum atomic E-state index is -0.154. The van der Waals surface area contributed by atoms with E-state index < -0.39 is 0 Å². The molecule has 1 atom stereocenters. The Labute approximate surface area is 119 Å². The lowest BCUT2D eigenvalue weighted by molar-refractivity contribution is 0.268. The molecule has 1 aliphatic carbocycles. The first-order valence-electron chi connectivity index (χ1n) is 7.39. The van der Waals surface area contributed by atoms with E-state index in [1.165, 1.54) is 44.6 Å². The van der Waals surface area contributed by atoms with Gasteiger partial charge in [-0.15, -0.1) is 0 Å². The third-order valence-corrected chi connectivity index (χ3v) is 4.89. The summed E-state index contributed by atoms with van der Waals surface area (Å²) in [4.78, 5) is 0. The van der Waals surface area contributed by atoms with Gasteiger partial charge in [-0.05, 0) is 62.3 Å². The van der Waals surface area contributed by atoms with Gasteiger partial charge in [-0.1, -0.05) is 30.5 Å². The maximum absolute atomic E-state index is 14.0. The zero-order valence-electron chi connectivity index (χ0n) is 11.2. The molecule has 2 aliphatic rings. The second-order valence-electron chi connectivity index (χ2n) is 6.08. The Balaban J connectivity index is 1.84. The number of rotatable bonds is 3. The molecule has 1 N–H and O–H groups in total. The van der Waals surface area contributed by atoms with Gasteiger partial charge in [0, 0.05) is 10.6 Å². The summed E-state index contributed by atoms with van der Waals surface area (Å²) in [5.74, 6) is 0.583. The van der Waals surface area contributed by atoms with Crippen molar-refractivity contribution in [1.29, 1.82) is 0 Å². The van der Waals surface area contributed by atoms with Crippen molar-refractivity contribution >= 4 is 11.6 Å². The molecule has 1 saturated heterocycles. The number of hydrogen-bond donors (Lipinski definition) is 1. The van der Waals surface area contributed by atoms with Gasteiger partial charge >= 0.3 is 0 Å². The fourth-order valence-corrected chi connectivity index (χ4v) is 3.61. The van der Waals surface area contributed by atoms with Crippen molar-refractivity contribution in [3.63, 3.8) is 0 Å². The van der Waals surface area contributed by atoms with E-state index in [0.717, 1.165) is 24.4 Å². The van der Waals surface area contributed by atoms with E-state index in [4.69, 9.17) is 11.6 Å². The summed E-state index contributed by atoms with van der Waals surface area (Å²) in [6.07, 6.45) is 8.38. The van der Waals surface area contributed by atoms with Crippen LogP contribution in [0.5, 0.6) is 0 Å². The van der Waals surface area contributed by atoms with E-state index >= 15 is 0 Å². The van der Waals surface area contributed by atoms with Crippen LogP contribution in [0.4, 0.5) is 4.39 Å². The van der Waals surface area contributed by atoms with Crippen molar-refractivity contribution < 1.29 is 4.39 Å². The van der Waals surface area contributed by atoms with Gasteiger partial charge in [0.1, 0.15) is 5.82 Å². The van der Waals surface area contributed by atoms with E-state index in [9.17, 15) is 4.39 Å². The minimum Gasteiger partial charge on any atom is -0.311 e. The Hall–Kier alpha value is -0.600. The monoisotopic (exact) mass is 281 g/mol. The van der Waals surface area contributed by atoms with Crippen molar-refractivity contribution in [2.45, 2.75) is 50.5 Å². The largest absolute Gasteiger partial charge is 0.311 e. The molecule has 1 heterocycles. The van der Waals surface area contributed by atoms with Crippen LogP contribution >= 0.6 is 11.6 Å². The van der Waals surface area contributed by atoms with Crippen molar-refractivity contribution in [3.8, 4) is 0 Å². The first-order valence-corrected chi connectivity index (χ1v) is 7.76. The highest BCUT2D eigenvalue weighted by molar-refractivity contribution is 6.30. The number of nitrogens with one attached hydrogen (secondary N) is 1. The molecule has 1 unspecified atom stereocenters. The predicted molar refractivity (Wildman–Crippen MR) is 77.0 cm³/mol. The van der Waals surface area contributed by atoms with E-state index in [-0.39, 0.29) is 11.4 Å². The molecule has 1 aliphatic heterocycles. The molecule has 1 aromatic rings. The van der Waals surface area contributed by atoms with Gasteiger partial charge in [0.25, 0.3) is 0 Å². The maximum atomic E-state index is 14.0. The lowest BCUT2D eigenvalue weighted by atomic mass is 9.82. The highest BCUT2D eigenvalue weighted by Crippen LogP contribution is 2.45. The lowest BCUT2D eigenvalue weighted by Gasteiger charge is -2.34. The highest BCUT2D eigenvalue weighted by Gasteiger charge is 2.45. The van der Waals surface area contributed by atoms with Gasteiger partial charge in [-0.25, -0.2) is 4.39 Å². The van der Waals surface area contributed by atoms with Crippen LogP contribution in [0.1, 0.15) is 44.1 Å². The molecule has 19 heavy (non-hydrogen) atoms. The number of halogens is 2. The van der Waals surface area contributed by atoms with Crippen LogP contribution in [0.15, 0.2) is 18.2 Å². The summed E-state index contributed by atoms with van der Waals surface area (Å²) in [6.45, 7) is 1.08. The Morgan fingerprint density at radius 3 is 2.84 bits per heavy atom. The average molecular weight is 282 g/mol. The molecule has 1 aromatic carbocycles. The lowest BCUT2D eigenvalue weighted by Crippen LogP contribution is -2.48. The van der Waals surface area contributed by atoms with Crippen LogP contribution in [-0.4, -0.2) is 12.1 Å². The van der Waals surface area contributed by atoms with Crippen LogP contribution in [0, 0.1) is 11.7 Å². The standard InChI is InChI=1S/C16H21ClFN/c17-14-7-4-12(15(18)10-14)11-16(13-5-6-13)8-2-1-3-9-19-16/h4,7,10,13,19H,1-3,5-6,8-9,11H2. The van der Waals surface area contributed by atoms with Crippen molar-refractivity contribution in [1.82, 2.24) is 5.32 Å². The Morgan fingerprint density at radius 2 is 2.11 bits per heavy atom. The molecular formula is C16H21ClFN. The van der Waals surface area contributed by atoms with E-state index in [1.807, 2.05) is 6.07 Å². The van der Waals surface area contributed by atoms with E-state index in [2.05, 4.69) is 5.32 Å². The molecule has 104 valence electrons. The number of hydrogen-bond acceptors (Lipinski definition) is 1. The van der Waals surface area contributed by atoms with Crippen molar-refractivity contribution in [3.05, 3.63) is 34.6 Å². The van der Waals surface area contributed by atoms with Crippen LogP contribution in [-0.2, 0) is 6.42 Å². The summed E-state index contributed by atoms with van der Waals surface area (Å²) in [5.41, 5.74) is 0.941. The molecule has 3 heteroatoms. The van der Waals surface area contributed by atoms with Crippen molar-refractivity contribution in [2.75, 3.05) is 6.54 Å². The smallest absolute Gasteiger partial charge is 0.127 e. The van der Waals surface area contributed by atoms with Gasteiger partial charge in [-0.2, -0.15) is 0 Å². The molecule has 0 spiro atoms. The fraction of sp³-hybridized carbons (Fsp3) is 0.625. The zero-order chi connectivity index (χ0) is 13.3. The van der Waals surface area contributed by atoms with Gasteiger partial charge in [0.15, 0.2) is 0 Å². The first-order chi connectivity index (χ1) is 9.20. The maximum Gasteiger partial charge on any atom is 0.127 e. The molecule has 3 rings (SSSR count). The summed E-state index contributed by atoms with van der Waals surface area (Å²) >= 11 is 5.84. The van der Waals surface area contributed by atoms with E-state index in [0.29, 0.717) is 5.02 Å². The highest BCUT2D eigenvalue weighted by atomic mass is 35.5. The summed E-state index contributed by atoms with van der Waals surface area (Å²) in [7, 11) is 0. The minimum absolute atomic E-state index is 0.130. The first kappa shape index (κ1) is 13.4. The van der Waals surface area contributed by atoms with Crippen LogP contribution in [0.25, 0.3) is 0 Å². The van der Waals surface area contributed by atoms with Gasteiger partial charge in [0.05, 0.1) is 0 Å². The molecule has 2 fully saturated rings. The molecule has 1 nitrogen and oxygen atoms in total. The molecule has 0 amide bonds. The Morgan fingerprint density at radius 1 is 1.26 bits per heavy atom. The predicted octanol–water partition coefficient (Wildman–Crippen LogP) is 4.33. The van der Waals surface area contributed by atoms with Crippen LogP contribution in [0.3, 0.4) is 0 Å². The molecule has 0 aromatic heterocycles.